The summed E-state index contributed by atoms with van der Waals surface area (Å²) in [6.45, 7) is 6.04. The van der Waals surface area contributed by atoms with E-state index in [1.54, 1.807) is 16.4 Å². The van der Waals surface area contributed by atoms with E-state index in [0.717, 1.165) is 12.0 Å². The van der Waals surface area contributed by atoms with Crippen LogP contribution in [-0.4, -0.2) is 69.0 Å². The molecule has 2 fully saturated rings. The minimum absolute atomic E-state index is 0.0538. The van der Waals surface area contributed by atoms with Crippen molar-refractivity contribution in [3.05, 3.63) is 35.9 Å². The lowest BCUT2D eigenvalue weighted by Gasteiger charge is -2.40. The number of sulfonamides is 1. The normalized spacial score (nSPS) is 26.9. The molecule has 0 unspecified atom stereocenters. The van der Waals surface area contributed by atoms with E-state index in [1.807, 2.05) is 18.2 Å². The minimum atomic E-state index is -3.53. The number of rotatable bonds is 5. The van der Waals surface area contributed by atoms with Gasteiger partial charge in [0, 0.05) is 39.3 Å². The Bertz CT molecular complexity index is 825. The molecule has 9 heteroatoms. The van der Waals surface area contributed by atoms with Gasteiger partial charge >= 0.3 is 0 Å². The topological polar surface area (TPSA) is 78.0 Å². The average molecular weight is 416 g/mol. The van der Waals surface area contributed by atoms with E-state index in [0.29, 0.717) is 24.9 Å². The molecule has 0 aromatic heterocycles. The number of piperidine rings is 1. The van der Waals surface area contributed by atoms with E-state index in [-0.39, 0.29) is 31.9 Å². The summed E-state index contributed by atoms with van der Waals surface area (Å²) < 4.78 is 55.6. The molecule has 0 saturated carbocycles. The molecule has 27 heavy (non-hydrogen) atoms. The molecule has 7 nitrogen and oxygen atoms in total. The van der Waals surface area contributed by atoms with Crippen molar-refractivity contribution >= 4 is 20.2 Å². The maximum absolute atomic E-state index is 13.0. The lowest BCUT2D eigenvalue weighted by molar-refractivity contribution is 0.197. The predicted molar refractivity (Wildman–Crippen MR) is 106 cm³/mol. The lowest BCUT2D eigenvalue weighted by Crippen LogP contribution is -2.56. The third-order valence-electron chi connectivity index (χ3n) is 5.27. The van der Waals surface area contributed by atoms with Crippen LogP contribution >= 0.6 is 0 Å². The fraction of sp³-hybridized carbons (Fsp3) is 0.667. The molecule has 0 radical (unpaired) electrons. The Kier molecular flexibility index (Phi) is 6.27. The molecule has 3 rings (SSSR count). The highest BCUT2D eigenvalue weighted by atomic mass is 32.2. The molecular weight excluding hydrogens is 386 g/mol. The van der Waals surface area contributed by atoms with Crippen molar-refractivity contribution in [2.75, 3.05) is 39.3 Å². The lowest BCUT2D eigenvalue weighted by atomic mass is 9.94. The summed E-state index contributed by atoms with van der Waals surface area (Å²) in [6, 6.07) is 9.06. The van der Waals surface area contributed by atoms with E-state index < -0.39 is 20.2 Å². The number of hydrogen-bond acceptors (Lipinski definition) is 4. The summed E-state index contributed by atoms with van der Waals surface area (Å²) in [5.74, 6) is 0.633. The molecule has 0 aliphatic carbocycles. The number of hydrogen-bond donors (Lipinski definition) is 0. The van der Waals surface area contributed by atoms with Gasteiger partial charge in [0.1, 0.15) is 0 Å². The smallest absolute Gasteiger partial charge is 0.212 e. The second kappa shape index (κ2) is 8.16. The molecular formula is C18H29N3O4S2. The van der Waals surface area contributed by atoms with Crippen molar-refractivity contribution in [3.63, 3.8) is 0 Å². The van der Waals surface area contributed by atoms with Gasteiger partial charge in [-0.1, -0.05) is 44.2 Å². The maximum atomic E-state index is 13.0. The third kappa shape index (κ3) is 4.89. The zero-order valence-electron chi connectivity index (χ0n) is 16.0. The van der Waals surface area contributed by atoms with Crippen molar-refractivity contribution in [1.82, 2.24) is 12.9 Å². The maximum Gasteiger partial charge on any atom is 0.282 e. The highest BCUT2D eigenvalue weighted by Gasteiger charge is 2.38. The van der Waals surface area contributed by atoms with Crippen LogP contribution in [0.2, 0.25) is 0 Å². The van der Waals surface area contributed by atoms with Crippen molar-refractivity contribution in [2.24, 2.45) is 11.8 Å². The Labute approximate surface area is 163 Å². The van der Waals surface area contributed by atoms with Crippen LogP contribution in [0.15, 0.2) is 30.3 Å². The molecule has 152 valence electrons. The van der Waals surface area contributed by atoms with Crippen molar-refractivity contribution in [3.8, 4) is 0 Å². The molecule has 0 bridgehead atoms. The van der Waals surface area contributed by atoms with Crippen LogP contribution in [0.1, 0.15) is 25.8 Å². The van der Waals surface area contributed by atoms with Crippen molar-refractivity contribution < 1.29 is 16.8 Å². The Morgan fingerprint density at radius 1 is 0.815 bits per heavy atom. The first kappa shape index (κ1) is 20.7. The monoisotopic (exact) mass is 415 g/mol. The van der Waals surface area contributed by atoms with Gasteiger partial charge in [0.25, 0.3) is 10.2 Å². The third-order valence-corrected chi connectivity index (χ3v) is 9.09. The van der Waals surface area contributed by atoms with Crippen LogP contribution in [0.3, 0.4) is 0 Å². The molecule has 0 N–H and O–H groups in total. The summed E-state index contributed by atoms with van der Waals surface area (Å²) in [6.07, 6.45) is 1.04. The standard InChI is InChI=1S/C18H29N3O4S2/c1-16-12-17(2)14-21(13-16)27(24,25)20-10-8-19(9-11-20)26(22,23)15-18-6-4-3-5-7-18/h3-7,16-17H,8-15H2,1-2H3/t16-,17-/m0/s1. The van der Waals surface area contributed by atoms with Gasteiger partial charge in [-0.3, -0.25) is 0 Å². The molecule has 2 saturated heterocycles. The summed E-state index contributed by atoms with van der Waals surface area (Å²) in [5.41, 5.74) is 0.740. The Morgan fingerprint density at radius 3 is 1.89 bits per heavy atom. The van der Waals surface area contributed by atoms with E-state index in [4.69, 9.17) is 0 Å². The van der Waals surface area contributed by atoms with Gasteiger partial charge in [-0.15, -0.1) is 0 Å². The Morgan fingerprint density at radius 2 is 1.33 bits per heavy atom. The van der Waals surface area contributed by atoms with Gasteiger partial charge in [0.2, 0.25) is 10.0 Å². The zero-order chi connectivity index (χ0) is 19.7. The van der Waals surface area contributed by atoms with Crippen molar-refractivity contribution in [1.29, 1.82) is 0 Å². The van der Waals surface area contributed by atoms with Crippen LogP contribution in [0.5, 0.6) is 0 Å². The van der Waals surface area contributed by atoms with E-state index in [2.05, 4.69) is 13.8 Å². The van der Waals surface area contributed by atoms with Gasteiger partial charge in [-0.2, -0.15) is 21.3 Å². The first-order chi connectivity index (χ1) is 12.7. The second-order valence-corrected chi connectivity index (χ2v) is 11.7. The molecule has 2 aliphatic heterocycles. The Balaban J connectivity index is 1.62. The van der Waals surface area contributed by atoms with Crippen LogP contribution in [0.4, 0.5) is 0 Å². The van der Waals surface area contributed by atoms with Crippen LogP contribution in [0.25, 0.3) is 0 Å². The quantitative estimate of drug-likeness (QED) is 0.727. The molecule has 1 aromatic rings. The van der Waals surface area contributed by atoms with Gasteiger partial charge in [0.05, 0.1) is 5.75 Å². The minimum Gasteiger partial charge on any atom is -0.212 e. The van der Waals surface area contributed by atoms with E-state index in [9.17, 15) is 16.8 Å². The second-order valence-electron chi connectivity index (χ2n) is 7.81. The van der Waals surface area contributed by atoms with E-state index in [1.165, 1.54) is 8.61 Å². The summed E-state index contributed by atoms with van der Waals surface area (Å²) in [7, 11) is -6.98. The predicted octanol–water partition coefficient (Wildman–Crippen LogP) is 1.36. The fourth-order valence-electron chi connectivity index (χ4n) is 4.01. The van der Waals surface area contributed by atoms with Crippen LogP contribution < -0.4 is 0 Å². The number of benzene rings is 1. The fourth-order valence-corrected chi connectivity index (χ4v) is 7.37. The SMILES string of the molecule is C[C@H]1C[C@H](C)CN(S(=O)(=O)N2CCN(S(=O)(=O)Cc3ccccc3)CC2)C1. The molecule has 0 amide bonds. The zero-order valence-corrected chi connectivity index (χ0v) is 17.6. The van der Waals surface area contributed by atoms with Gasteiger partial charge in [-0.05, 0) is 23.8 Å². The highest BCUT2D eigenvalue weighted by molar-refractivity contribution is 7.88. The average Bonchev–Trinajstić information content (AvgIpc) is 2.61. The van der Waals surface area contributed by atoms with Crippen LogP contribution in [0, 0.1) is 11.8 Å². The number of piperazine rings is 1. The Hall–Kier alpha value is -1.00. The highest BCUT2D eigenvalue weighted by Crippen LogP contribution is 2.25. The summed E-state index contributed by atoms with van der Waals surface area (Å²) >= 11 is 0. The summed E-state index contributed by atoms with van der Waals surface area (Å²) in [5, 5.41) is 0. The first-order valence-corrected chi connectivity index (χ1v) is 12.5. The van der Waals surface area contributed by atoms with Crippen LogP contribution in [-0.2, 0) is 26.0 Å². The van der Waals surface area contributed by atoms with E-state index >= 15 is 0 Å². The molecule has 2 atom stereocenters. The first-order valence-electron chi connectivity index (χ1n) is 9.45. The molecule has 2 aliphatic rings. The van der Waals surface area contributed by atoms with Gasteiger partial charge < -0.3 is 0 Å². The summed E-state index contributed by atoms with van der Waals surface area (Å²) in [4.78, 5) is 0. The largest absolute Gasteiger partial charge is 0.282 e. The molecule has 1 aromatic carbocycles. The van der Waals surface area contributed by atoms with Gasteiger partial charge in [-0.25, -0.2) is 8.42 Å². The molecule has 2 heterocycles. The number of nitrogens with zero attached hydrogens (tertiary/aromatic N) is 3. The van der Waals surface area contributed by atoms with Crippen molar-refractivity contribution in [2.45, 2.75) is 26.0 Å². The van der Waals surface area contributed by atoms with Gasteiger partial charge in [0.15, 0.2) is 0 Å². The molecule has 0 spiro atoms.